The van der Waals surface area contributed by atoms with Crippen LogP contribution in [0, 0.1) is 5.92 Å². The number of hydrogen-bond acceptors (Lipinski definition) is 2. The first-order chi connectivity index (χ1) is 6.40. The normalized spacial score (nSPS) is 13.4. The van der Waals surface area contributed by atoms with Crippen LogP contribution >= 0.6 is 42.4 Å². The van der Waals surface area contributed by atoms with E-state index in [1.165, 1.54) is 6.42 Å². The van der Waals surface area contributed by atoms with E-state index >= 15 is 0 Å². The SMILES string of the molecule is CC(C)CC(C)N(C(=S)SI)C(C)C. The van der Waals surface area contributed by atoms with Gasteiger partial charge in [-0.25, -0.2) is 0 Å². The molecule has 4 heteroatoms. The molecule has 0 aromatic heterocycles. The van der Waals surface area contributed by atoms with Crippen molar-refractivity contribution in [1.82, 2.24) is 4.90 Å². The molecule has 0 aromatic rings. The van der Waals surface area contributed by atoms with Gasteiger partial charge in [0.05, 0.1) is 0 Å². The molecule has 0 aliphatic carbocycles. The first-order valence-electron chi connectivity index (χ1n) is 5.01. The zero-order chi connectivity index (χ0) is 11.3. The highest BCUT2D eigenvalue weighted by Crippen LogP contribution is 2.23. The van der Waals surface area contributed by atoms with E-state index in [-0.39, 0.29) is 0 Å². The molecule has 0 spiro atoms. The first-order valence-corrected chi connectivity index (χ1v) is 8.77. The fraction of sp³-hybridized carbons (Fsp3) is 0.900. The maximum Gasteiger partial charge on any atom is 0.147 e. The molecule has 0 aliphatic rings. The number of halogens is 1. The largest absolute Gasteiger partial charge is 0.352 e. The average molecular weight is 345 g/mol. The van der Waals surface area contributed by atoms with Gasteiger partial charge in [0.1, 0.15) is 4.32 Å². The molecule has 0 aliphatic heterocycles. The molecule has 0 radical (unpaired) electrons. The van der Waals surface area contributed by atoms with Crippen LogP contribution in [0.2, 0.25) is 0 Å². The van der Waals surface area contributed by atoms with E-state index in [4.69, 9.17) is 12.2 Å². The van der Waals surface area contributed by atoms with Crippen molar-refractivity contribution >= 4 is 46.7 Å². The Kier molecular flexibility index (Phi) is 7.78. The maximum absolute atomic E-state index is 5.36. The molecular formula is C10H20INS2. The molecule has 0 saturated carbocycles. The highest BCUT2D eigenvalue weighted by Gasteiger charge is 2.20. The standard InChI is InChI=1S/C10H20INS2/c1-7(2)6-9(5)12(8(3)4)10(13)14-11/h7-9H,6H2,1-5H3. The highest BCUT2D eigenvalue weighted by molar-refractivity contribution is 14.2. The Morgan fingerprint density at radius 2 is 1.79 bits per heavy atom. The van der Waals surface area contributed by atoms with Crippen molar-refractivity contribution < 1.29 is 0 Å². The molecular weight excluding hydrogens is 325 g/mol. The minimum atomic E-state index is 0.499. The van der Waals surface area contributed by atoms with Gasteiger partial charge in [-0.15, -0.1) is 0 Å². The summed E-state index contributed by atoms with van der Waals surface area (Å²) in [5, 5.41) is 0. The van der Waals surface area contributed by atoms with E-state index in [1.54, 1.807) is 8.93 Å². The monoisotopic (exact) mass is 345 g/mol. The smallest absolute Gasteiger partial charge is 0.147 e. The van der Waals surface area contributed by atoms with E-state index in [0.29, 0.717) is 12.1 Å². The summed E-state index contributed by atoms with van der Waals surface area (Å²) in [4.78, 5) is 2.34. The van der Waals surface area contributed by atoms with Gasteiger partial charge >= 0.3 is 0 Å². The maximum atomic E-state index is 5.36. The van der Waals surface area contributed by atoms with E-state index in [1.807, 2.05) is 0 Å². The Morgan fingerprint density at radius 1 is 1.29 bits per heavy atom. The van der Waals surface area contributed by atoms with Crippen LogP contribution in [-0.2, 0) is 0 Å². The van der Waals surface area contributed by atoms with Gasteiger partial charge in [0.15, 0.2) is 0 Å². The molecule has 1 nitrogen and oxygen atoms in total. The summed E-state index contributed by atoms with van der Waals surface area (Å²) >= 11 is 7.63. The molecule has 1 unspecified atom stereocenters. The molecule has 0 fully saturated rings. The Balaban J connectivity index is 4.41. The van der Waals surface area contributed by atoms with Crippen molar-refractivity contribution in [2.45, 2.75) is 53.1 Å². The van der Waals surface area contributed by atoms with E-state index < -0.39 is 0 Å². The summed E-state index contributed by atoms with van der Waals surface area (Å²) in [6, 6.07) is 1.04. The van der Waals surface area contributed by atoms with Crippen molar-refractivity contribution in [2.24, 2.45) is 5.92 Å². The number of rotatable bonds is 4. The second kappa shape index (κ2) is 7.28. The van der Waals surface area contributed by atoms with E-state index in [0.717, 1.165) is 10.2 Å². The summed E-state index contributed by atoms with van der Waals surface area (Å²) < 4.78 is 1.01. The average Bonchev–Trinajstić information content (AvgIpc) is 2.01. The number of nitrogens with zero attached hydrogens (tertiary/aromatic N) is 1. The lowest BCUT2D eigenvalue weighted by Crippen LogP contribution is -2.41. The molecule has 0 saturated heterocycles. The van der Waals surface area contributed by atoms with Crippen LogP contribution in [0.3, 0.4) is 0 Å². The molecule has 0 N–H and O–H groups in total. The third-order valence-electron chi connectivity index (χ3n) is 2.12. The van der Waals surface area contributed by atoms with Gasteiger partial charge in [0.25, 0.3) is 0 Å². The number of hydrogen-bond donors (Lipinski definition) is 0. The third-order valence-corrected chi connectivity index (χ3v) is 5.07. The molecule has 0 amide bonds. The predicted molar refractivity (Wildman–Crippen MR) is 80.1 cm³/mol. The quantitative estimate of drug-likeness (QED) is 0.546. The molecule has 0 rings (SSSR count). The fourth-order valence-corrected chi connectivity index (χ4v) is 3.28. The summed E-state index contributed by atoms with van der Waals surface area (Å²) in [5.41, 5.74) is 0. The molecule has 0 aromatic carbocycles. The van der Waals surface area contributed by atoms with Crippen molar-refractivity contribution in [3.8, 4) is 0 Å². The third kappa shape index (κ3) is 5.16. The van der Waals surface area contributed by atoms with Crippen LogP contribution in [0.1, 0.15) is 41.0 Å². The van der Waals surface area contributed by atoms with Gasteiger partial charge < -0.3 is 4.90 Å². The lowest BCUT2D eigenvalue weighted by molar-refractivity contribution is 0.254. The molecule has 0 heterocycles. The lowest BCUT2D eigenvalue weighted by Gasteiger charge is -2.35. The van der Waals surface area contributed by atoms with E-state index in [2.05, 4.69) is 60.7 Å². The molecule has 1 atom stereocenters. The van der Waals surface area contributed by atoms with Gasteiger partial charge in [0, 0.05) is 33.3 Å². The minimum Gasteiger partial charge on any atom is -0.352 e. The van der Waals surface area contributed by atoms with Gasteiger partial charge in [-0.3, -0.25) is 0 Å². The van der Waals surface area contributed by atoms with Crippen LogP contribution < -0.4 is 0 Å². The Labute approximate surface area is 110 Å². The summed E-state index contributed by atoms with van der Waals surface area (Å²) in [5.74, 6) is 0.730. The summed E-state index contributed by atoms with van der Waals surface area (Å²) in [6.07, 6.45) is 1.20. The second-order valence-electron chi connectivity index (χ2n) is 4.32. The van der Waals surface area contributed by atoms with Gasteiger partial charge in [-0.05, 0) is 42.0 Å². The fourth-order valence-electron chi connectivity index (χ4n) is 1.74. The summed E-state index contributed by atoms with van der Waals surface area (Å²) in [6.45, 7) is 11.2. The van der Waals surface area contributed by atoms with Crippen molar-refractivity contribution in [2.75, 3.05) is 0 Å². The molecule has 14 heavy (non-hydrogen) atoms. The van der Waals surface area contributed by atoms with Crippen LogP contribution in [-0.4, -0.2) is 21.3 Å². The van der Waals surface area contributed by atoms with Crippen LogP contribution in [0.25, 0.3) is 0 Å². The molecule has 0 bridgehead atoms. The Morgan fingerprint density at radius 3 is 2.07 bits per heavy atom. The van der Waals surface area contributed by atoms with Crippen LogP contribution in [0.4, 0.5) is 0 Å². The van der Waals surface area contributed by atoms with Gasteiger partial charge in [0.2, 0.25) is 0 Å². The lowest BCUT2D eigenvalue weighted by atomic mass is 10.0. The van der Waals surface area contributed by atoms with E-state index in [9.17, 15) is 0 Å². The van der Waals surface area contributed by atoms with Gasteiger partial charge in [-0.1, -0.05) is 26.1 Å². The first kappa shape index (κ1) is 15.0. The summed E-state index contributed by atoms with van der Waals surface area (Å²) in [7, 11) is 1.64. The van der Waals surface area contributed by atoms with Crippen molar-refractivity contribution in [3.05, 3.63) is 0 Å². The molecule has 84 valence electrons. The van der Waals surface area contributed by atoms with Crippen LogP contribution in [0.5, 0.6) is 0 Å². The van der Waals surface area contributed by atoms with Crippen LogP contribution in [0.15, 0.2) is 0 Å². The topological polar surface area (TPSA) is 3.24 Å². The minimum absolute atomic E-state index is 0.499. The van der Waals surface area contributed by atoms with Crippen molar-refractivity contribution in [3.63, 3.8) is 0 Å². The highest BCUT2D eigenvalue weighted by atomic mass is 127. The Hall–Kier alpha value is 0.970. The van der Waals surface area contributed by atoms with Crippen molar-refractivity contribution in [1.29, 1.82) is 0 Å². The zero-order valence-corrected chi connectivity index (χ0v) is 13.4. The number of thiocarbonyl (C=S) groups is 1. The predicted octanol–water partition coefficient (Wildman–Crippen LogP) is 4.50. The second-order valence-corrected chi connectivity index (χ2v) is 6.83. The Bertz CT molecular complexity index is 183. The van der Waals surface area contributed by atoms with Gasteiger partial charge in [-0.2, -0.15) is 0 Å². The zero-order valence-electron chi connectivity index (χ0n) is 9.58.